The molecule has 9 heteroatoms. The van der Waals surface area contributed by atoms with Gasteiger partial charge in [0.1, 0.15) is 12.1 Å². The van der Waals surface area contributed by atoms with Crippen molar-refractivity contribution < 1.29 is 24.0 Å². The molecule has 1 aromatic carbocycles. The molecule has 9 nitrogen and oxygen atoms in total. The van der Waals surface area contributed by atoms with Crippen molar-refractivity contribution in [3.63, 3.8) is 0 Å². The zero-order valence-corrected chi connectivity index (χ0v) is 17.1. The van der Waals surface area contributed by atoms with E-state index in [4.69, 9.17) is 9.47 Å². The number of rotatable bonds is 5. The number of carbonyl (C=O) groups is 2. The number of esters is 1. The van der Waals surface area contributed by atoms with Crippen LogP contribution in [-0.4, -0.2) is 33.9 Å². The summed E-state index contributed by atoms with van der Waals surface area (Å²) < 4.78 is 11.5. The number of amides is 1. The number of anilines is 1. The Bertz CT molecular complexity index is 990. The number of aromatic nitrogens is 1. The fourth-order valence-electron chi connectivity index (χ4n) is 3.96. The molecule has 4 rings (SSSR count). The summed E-state index contributed by atoms with van der Waals surface area (Å²) in [6, 6.07) is 10.5. The van der Waals surface area contributed by atoms with Crippen LogP contribution in [0.15, 0.2) is 42.5 Å². The van der Waals surface area contributed by atoms with Crippen molar-refractivity contribution in [1.82, 2.24) is 4.98 Å². The van der Waals surface area contributed by atoms with E-state index in [1.54, 1.807) is 31.2 Å². The van der Waals surface area contributed by atoms with Gasteiger partial charge in [-0.15, -0.1) is 0 Å². The van der Waals surface area contributed by atoms with Gasteiger partial charge >= 0.3 is 11.8 Å². The lowest BCUT2D eigenvalue weighted by atomic mass is 9.98. The van der Waals surface area contributed by atoms with Crippen LogP contribution >= 0.6 is 0 Å². The maximum atomic E-state index is 13.4. The van der Waals surface area contributed by atoms with E-state index >= 15 is 0 Å². The monoisotopic (exact) mass is 425 g/mol. The summed E-state index contributed by atoms with van der Waals surface area (Å²) >= 11 is 0. The molecule has 2 aliphatic rings. The molecule has 0 radical (unpaired) electrons. The number of ether oxygens (including phenoxy) is 2. The van der Waals surface area contributed by atoms with Gasteiger partial charge in [0, 0.05) is 11.6 Å². The van der Waals surface area contributed by atoms with Gasteiger partial charge in [0.2, 0.25) is 6.10 Å². The van der Waals surface area contributed by atoms with Crippen molar-refractivity contribution in [2.24, 2.45) is 0 Å². The predicted molar refractivity (Wildman–Crippen MR) is 111 cm³/mol. The van der Waals surface area contributed by atoms with Gasteiger partial charge in [-0.05, 0) is 48.6 Å². The number of hydrogen-bond acceptors (Lipinski definition) is 7. The van der Waals surface area contributed by atoms with Crippen molar-refractivity contribution in [2.45, 2.75) is 57.3 Å². The minimum Gasteiger partial charge on any atom is -0.469 e. The maximum Gasteiger partial charge on any atom is 0.366 e. The number of fused-ring (bicyclic) bond motifs is 1. The van der Waals surface area contributed by atoms with Crippen LogP contribution in [0.5, 0.6) is 5.75 Å². The largest absolute Gasteiger partial charge is 0.469 e. The molecular formula is C22H23N3O6. The Labute approximate surface area is 179 Å². The van der Waals surface area contributed by atoms with Crippen molar-refractivity contribution >= 4 is 23.5 Å². The highest BCUT2D eigenvalue weighted by atomic mass is 16.6. The van der Waals surface area contributed by atoms with E-state index in [0.717, 1.165) is 37.0 Å². The second kappa shape index (κ2) is 8.71. The fourth-order valence-corrected chi connectivity index (χ4v) is 3.96. The topological polar surface area (TPSA) is 112 Å². The Hall–Kier alpha value is -3.49. The van der Waals surface area contributed by atoms with E-state index in [0.29, 0.717) is 5.56 Å². The lowest BCUT2D eigenvalue weighted by Crippen LogP contribution is -2.50. The van der Waals surface area contributed by atoms with Gasteiger partial charge in [-0.3, -0.25) is 9.69 Å². The second-order valence-electron chi connectivity index (χ2n) is 7.74. The van der Waals surface area contributed by atoms with Gasteiger partial charge in [0.05, 0.1) is 0 Å². The van der Waals surface area contributed by atoms with E-state index in [-0.39, 0.29) is 17.7 Å². The standard InChI is InChI=1S/C22H23N3O6/c1-14(22(27)30-16-10-6-3-7-11-16)24-20-17(12-13-18(23-20)25(28)29)31-19(21(24)26)15-8-4-2-5-9-15/h2,4-5,8-9,12-14,16,19H,3,6-7,10-11H2,1H3. The van der Waals surface area contributed by atoms with E-state index in [9.17, 15) is 19.7 Å². The summed E-state index contributed by atoms with van der Waals surface area (Å²) in [6.45, 7) is 1.54. The smallest absolute Gasteiger partial charge is 0.366 e. The van der Waals surface area contributed by atoms with Crippen LogP contribution in [0, 0.1) is 10.1 Å². The van der Waals surface area contributed by atoms with Gasteiger partial charge in [0.25, 0.3) is 11.7 Å². The quantitative estimate of drug-likeness (QED) is 0.408. The van der Waals surface area contributed by atoms with E-state index in [1.165, 1.54) is 12.1 Å². The molecule has 0 spiro atoms. The highest BCUT2D eigenvalue weighted by Gasteiger charge is 2.44. The van der Waals surface area contributed by atoms with E-state index < -0.39 is 34.8 Å². The van der Waals surface area contributed by atoms with Gasteiger partial charge in [-0.1, -0.05) is 36.8 Å². The summed E-state index contributed by atoms with van der Waals surface area (Å²) in [5.74, 6) is -1.39. The van der Waals surface area contributed by atoms with Gasteiger partial charge in [-0.2, -0.15) is 0 Å². The minimum absolute atomic E-state index is 0.0560. The Kier molecular flexibility index (Phi) is 5.83. The number of benzene rings is 1. The van der Waals surface area contributed by atoms with E-state index in [1.807, 2.05) is 6.07 Å². The van der Waals surface area contributed by atoms with Gasteiger partial charge < -0.3 is 19.6 Å². The lowest BCUT2D eigenvalue weighted by molar-refractivity contribution is -0.389. The summed E-state index contributed by atoms with van der Waals surface area (Å²) in [7, 11) is 0. The Morgan fingerprint density at radius 3 is 2.58 bits per heavy atom. The molecule has 162 valence electrons. The molecular weight excluding hydrogens is 402 g/mol. The third kappa shape index (κ3) is 4.21. The van der Waals surface area contributed by atoms with Crippen LogP contribution in [0.25, 0.3) is 0 Å². The first-order valence-corrected chi connectivity index (χ1v) is 10.4. The zero-order valence-electron chi connectivity index (χ0n) is 17.1. The summed E-state index contributed by atoms with van der Waals surface area (Å²) in [5, 5.41) is 11.2. The fraction of sp³-hybridized carbons (Fsp3) is 0.409. The lowest BCUT2D eigenvalue weighted by Gasteiger charge is -2.34. The molecule has 1 saturated carbocycles. The maximum absolute atomic E-state index is 13.4. The Morgan fingerprint density at radius 2 is 1.90 bits per heavy atom. The third-order valence-corrected chi connectivity index (χ3v) is 5.61. The average molecular weight is 425 g/mol. The van der Waals surface area contributed by atoms with Crippen LogP contribution in [0.3, 0.4) is 0 Å². The number of carbonyl (C=O) groups excluding carboxylic acids is 2. The summed E-state index contributed by atoms with van der Waals surface area (Å²) in [5.41, 5.74) is 0.606. The second-order valence-corrected chi connectivity index (χ2v) is 7.74. The molecule has 2 heterocycles. The van der Waals surface area contributed by atoms with Crippen LogP contribution < -0.4 is 9.64 Å². The number of nitro groups is 1. The first-order chi connectivity index (χ1) is 15.0. The summed E-state index contributed by atoms with van der Waals surface area (Å²) in [4.78, 5) is 42.0. The minimum atomic E-state index is -1.02. The molecule has 1 aliphatic carbocycles. The van der Waals surface area contributed by atoms with Crippen molar-refractivity contribution in [2.75, 3.05) is 4.90 Å². The number of hydrogen-bond donors (Lipinski definition) is 0. The molecule has 0 bridgehead atoms. The number of nitrogens with zero attached hydrogens (tertiary/aromatic N) is 3. The van der Waals surface area contributed by atoms with Crippen molar-refractivity contribution in [1.29, 1.82) is 0 Å². The zero-order chi connectivity index (χ0) is 22.0. The van der Waals surface area contributed by atoms with Crippen molar-refractivity contribution in [3.05, 3.63) is 58.1 Å². The highest BCUT2D eigenvalue weighted by molar-refractivity contribution is 6.04. The Balaban J connectivity index is 1.68. The molecule has 1 aromatic heterocycles. The number of pyridine rings is 1. The van der Waals surface area contributed by atoms with Crippen LogP contribution in [0.1, 0.15) is 50.7 Å². The van der Waals surface area contributed by atoms with Crippen LogP contribution in [0.4, 0.5) is 11.6 Å². The molecule has 2 aromatic rings. The molecule has 1 fully saturated rings. The SMILES string of the molecule is CC(C(=O)OC1CCCCC1)N1C(=O)C(c2ccccc2)Oc2ccc([N+](=O)[O-])nc21. The first kappa shape index (κ1) is 20.8. The van der Waals surface area contributed by atoms with Crippen molar-refractivity contribution in [3.8, 4) is 5.75 Å². The molecule has 0 N–H and O–H groups in total. The highest BCUT2D eigenvalue weighted by Crippen LogP contribution is 2.40. The molecule has 2 atom stereocenters. The first-order valence-electron chi connectivity index (χ1n) is 10.4. The average Bonchev–Trinajstić information content (AvgIpc) is 2.79. The van der Waals surface area contributed by atoms with Crippen LogP contribution in [0.2, 0.25) is 0 Å². The normalized spacial score (nSPS) is 19.8. The van der Waals surface area contributed by atoms with E-state index in [2.05, 4.69) is 4.98 Å². The summed E-state index contributed by atoms with van der Waals surface area (Å²) in [6.07, 6.45) is 3.52. The molecule has 31 heavy (non-hydrogen) atoms. The van der Waals surface area contributed by atoms with Gasteiger partial charge in [-0.25, -0.2) is 4.79 Å². The molecule has 1 aliphatic heterocycles. The Morgan fingerprint density at radius 1 is 1.19 bits per heavy atom. The van der Waals surface area contributed by atoms with Crippen LogP contribution in [-0.2, 0) is 14.3 Å². The molecule has 1 amide bonds. The predicted octanol–water partition coefficient (Wildman–Crippen LogP) is 3.72. The molecule has 2 unspecified atom stereocenters. The third-order valence-electron chi connectivity index (χ3n) is 5.61. The molecule has 0 saturated heterocycles. The van der Waals surface area contributed by atoms with Gasteiger partial charge in [0.15, 0.2) is 5.75 Å².